The molecule has 0 bridgehead atoms. The van der Waals surface area contributed by atoms with Gasteiger partial charge in [-0.25, -0.2) is 0 Å². The van der Waals surface area contributed by atoms with Crippen LogP contribution in [0.2, 0.25) is 0 Å². The lowest BCUT2D eigenvalue weighted by Crippen LogP contribution is -2.45. The largest absolute Gasteiger partial charge is 0.497 e. The van der Waals surface area contributed by atoms with Crippen molar-refractivity contribution in [2.75, 3.05) is 20.2 Å². The van der Waals surface area contributed by atoms with E-state index in [1.165, 1.54) is 11.3 Å². The van der Waals surface area contributed by atoms with E-state index in [1.807, 2.05) is 25.1 Å². The molecule has 2 aromatic rings. The monoisotopic (exact) mass is 332 g/mol. The Labute approximate surface area is 139 Å². The molecule has 1 saturated heterocycles. The van der Waals surface area contributed by atoms with E-state index in [4.69, 9.17) is 4.74 Å². The number of nitrogens with one attached hydrogen (secondary N) is 1. The zero-order chi connectivity index (χ0) is 16.6. The Morgan fingerprint density at radius 2 is 2.22 bits per heavy atom. The number of rotatable bonds is 2. The molecule has 1 N–H and O–H groups in total. The second-order valence-electron chi connectivity index (χ2n) is 5.74. The van der Waals surface area contributed by atoms with E-state index in [2.05, 4.69) is 5.32 Å². The second-order valence-corrected chi connectivity index (χ2v) is 6.79. The van der Waals surface area contributed by atoms with E-state index < -0.39 is 6.04 Å². The van der Waals surface area contributed by atoms with Gasteiger partial charge in [0.05, 0.1) is 12.0 Å². The van der Waals surface area contributed by atoms with E-state index in [1.54, 1.807) is 18.9 Å². The van der Waals surface area contributed by atoms with Crippen LogP contribution in [0.4, 0.5) is 0 Å². The van der Waals surface area contributed by atoms with E-state index in [0.717, 1.165) is 27.8 Å². The van der Waals surface area contributed by atoms with Crippen LogP contribution in [0.1, 0.15) is 28.6 Å². The van der Waals surface area contributed by atoms with Gasteiger partial charge in [0.15, 0.2) is 0 Å². The van der Waals surface area contributed by atoms with Crippen LogP contribution in [0.3, 0.4) is 0 Å². The number of ether oxygens (including phenoxy) is 1. The van der Waals surface area contributed by atoms with Crippen molar-refractivity contribution >= 4 is 33.2 Å². The maximum atomic E-state index is 13.0. The van der Waals surface area contributed by atoms with Crippen LogP contribution in [0.25, 0.3) is 10.1 Å². The Balaban J connectivity index is 2.00. The molecule has 2 heterocycles. The molecule has 6 heteroatoms. The average molecular weight is 332 g/mol. The lowest BCUT2D eigenvalue weighted by atomic mass is 10.1. The number of methoxy groups -OCH3 is 1. The summed E-state index contributed by atoms with van der Waals surface area (Å²) in [6.45, 7) is 4.95. The molecule has 1 aromatic carbocycles. The minimum atomic E-state index is -0.441. The molecule has 1 aromatic heterocycles. The van der Waals surface area contributed by atoms with Crippen molar-refractivity contribution in [3.8, 4) is 5.75 Å². The van der Waals surface area contributed by atoms with Gasteiger partial charge in [-0.15, -0.1) is 11.3 Å². The van der Waals surface area contributed by atoms with Gasteiger partial charge in [-0.2, -0.15) is 0 Å². The van der Waals surface area contributed by atoms with E-state index in [9.17, 15) is 9.59 Å². The average Bonchev–Trinajstić information content (AvgIpc) is 2.79. The number of carbonyl (C=O) groups excluding carboxylic acids is 2. The van der Waals surface area contributed by atoms with Gasteiger partial charge in [-0.1, -0.05) is 0 Å². The van der Waals surface area contributed by atoms with Crippen molar-refractivity contribution in [2.24, 2.45) is 0 Å². The lowest BCUT2D eigenvalue weighted by molar-refractivity contribution is -0.124. The summed E-state index contributed by atoms with van der Waals surface area (Å²) in [6.07, 6.45) is 0.777. The third-order valence-electron chi connectivity index (χ3n) is 4.32. The molecule has 0 saturated carbocycles. The topological polar surface area (TPSA) is 58.6 Å². The summed E-state index contributed by atoms with van der Waals surface area (Å²) < 4.78 is 6.32. The molecule has 1 aliphatic heterocycles. The van der Waals surface area contributed by atoms with Gasteiger partial charge in [0, 0.05) is 17.8 Å². The standard InChI is InChI=1S/C17H20N2O3S/c1-10-13-9-12(22-3)5-6-14(13)23-15(10)17(21)19-8-4-7-18-16(20)11(19)2/h5-6,9,11H,4,7-8H2,1-3H3,(H,18,20). The number of nitrogens with zero attached hydrogens (tertiary/aromatic N) is 1. The summed E-state index contributed by atoms with van der Waals surface area (Å²) in [7, 11) is 1.63. The number of carbonyl (C=O) groups is 2. The van der Waals surface area contributed by atoms with Crippen LogP contribution < -0.4 is 10.1 Å². The summed E-state index contributed by atoms with van der Waals surface area (Å²) in [5, 5.41) is 3.87. The lowest BCUT2D eigenvalue weighted by Gasteiger charge is -2.25. The molecule has 0 spiro atoms. The molecule has 5 nitrogen and oxygen atoms in total. The van der Waals surface area contributed by atoms with Crippen molar-refractivity contribution < 1.29 is 14.3 Å². The first-order valence-electron chi connectivity index (χ1n) is 7.68. The molecular formula is C17H20N2O3S. The number of thiophene rings is 1. The first-order valence-corrected chi connectivity index (χ1v) is 8.50. The predicted molar refractivity (Wildman–Crippen MR) is 91.2 cm³/mol. The number of fused-ring (bicyclic) bond motifs is 1. The molecule has 2 amide bonds. The van der Waals surface area contributed by atoms with Crippen molar-refractivity contribution in [3.63, 3.8) is 0 Å². The second kappa shape index (κ2) is 6.20. The van der Waals surface area contributed by atoms with Gasteiger partial charge in [-0.3, -0.25) is 9.59 Å². The summed E-state index contributed by atoms with van der Waals surface area (Å²) in [5.41, 5.74) is 0.950. The molecule has 1 unspecified atom stereocenters. The van der Waals surface area contributed by atoms with Crippen molar-refractivity contribution in [2.45, 2.75) is 26.3 Å². The van der Waals surface area contributed by atoms with Crippen LogP contribution in [0.5, 0.6) is 5.75 Å². The first kappa shape index (κ1) is 15.8. The number of hydrogen-bond acceptors (Lipinski definition) is 4. The maximum Gasteiger partial charge on any atom is 0.264 e. The molecule has 1 aliphatic rings. The molecule has 0 aliphatic carbocycles. The Bertz CT molecular complexity index is 769. The van der Waals surface area contributed by atoms with Crippen LogP contribution in [-0.4, -0.2) is 43.0 Å². The normalized spacial score (nSPS) is 18.7. The minimum Gasteiger partial charge on any atom is -0.497 e. The summed E-state index contributed by atoms with van der Waals surface area (Å²) in [6, 6.07) is 5.39. The Kier molecular flexibility index (Phi) is 4.26. The predicted octanol–water partition coefficient (Wildman–Crippen LogP) is 2.57. The fourth-order valence-corrected chi connectivity index (χ4v) is 4.03. The van der Waals surface area contributed by atoms with Crippen molar-refractivity contribution in [1.29, 1.82) is 0 Å². The highest BCUT2D eigenvalue weighted by molar-refractivity contribution is 7.21. The van der Waals surface area contributed by atoms with Gasteiger partial charge in [0.2, 0.25) is 5.91 Å². The van der Waals surface area contributed by atoms with Gasteiger partial charge >= 0.3 is 0 Å². The fourth-order valence-electron chi connectivity index (χ4n) is 2.88. The van der Waals surface area contributed by atoms with Gasteiger partial charge in [0.1, 0.15) is 11.8 Å². The number of benzene rings is 1. The van der Waals surface area contributed by atoms with E-state index in [0.29, 0.717) is 18.0 Å². The van der Waals surface area contributed by atoms with E-state index >= 15 is 0 Å². The van der Waals surface area contributed by atoms with Gasteiger partial charge in [0.25, 0.3) is 5.91 Å². The molecular weight excluding hydrogens is 312 g/mol. The van der Waals surface area contributed by atoms with Crippen LogP contribution in [-0.2, 0) is 4.79 Å². The SMILES string of the molecule is COc1ccc2sc(C(=O)N3CCCNC(=O)C3C)c(C)c2c1. The summed E-state index contributed by atoms with van der Waals surface area (Å²) in [4.78, 5) is 27.3. The maximum absolute atomic E-state index is 13.0. The van der Waals surface area contributed by atoms with Crippen LogP contribution in [0, 0.1) is 6.92 Å². The molecule has 0 radical (unpaired) electrons. The molecule has 3 rings (SSSR count). The first-order chi connectivity index (χ1) is 11.0. The number of aryl methyl sites for hydroxylation is 1. The highest BCUT2D eigenvalue weighted by Gasteiger charge is 2.30. The quantitative estimate of drug-likeness (QED) is 0.919. The Hall–Kier alpha value is -2.08. The summed E-state index contributed by atoms with van der Waals surface area (Å²) >= 11 is 1.48. The number of amides is 2. The Morgan fingerprint density at radius 3 is 2.96 bits per heavy atom. The highest BCUT2D eigenvalue weighted by Crippen LogP contribution is 2.34. The fraction of sp³-hybridized carbons (Fsp3) is 0.412. The van der Waals surface area contributed by atoms with E-state index in [-0.39, 0.29) is 11.8 Å². The van der Waals surface area contributed by atoms with Gasteiger partial charge < -0.3 is 15.0 Å². The molecule has 122 valence electrons. The summed E-state index contributed by atoms with van der Waals surface area (Å²) in [5.74, 6) is 0.628. The molecule has 1 atom stereocenters. The number of hydrogen-bond donors (Lipinski definition) is 1. The Morgan fingerprint density at radius 1 is 1.43 bits per heavy atom. The smallest absolute Gasteiger partial charge is 0.264 e. The minimum absolute atomic E-state index is 0.0628. The third kappa shape index (κ3) is 2.79. The van der Waals surface area contributed by atoms with Crippen molar-refractivity contribution in [1.82, 2.24) is 10.2 Å². The molecule has 1 fully saturated rings. The molecule has 23 heavy (non-hydrogen) atoms. The highest BCUT2D eigenvalue weighted by atomic mass is 32.1. The zero-order valence-electron chi connectivity index (χ0n) is 13.5. The third-order valence-corrected chi connectivity index (χ3v) is 5.58. The van der Waals surface area contributed by atoms with Gasteiger partial charge in [-0.05, 0) is 49.4 Å². The van der Waals surface area contributed by atoms with Crippen LogP contribution in [0.15, 0.2) is 18.2 Å². The zero-order valence-corrected chi connectivity index (χ0v) is 14.3. The van der Waals surface area contributed by atoms with Crippen molar-refractivity contribution in [3.05, 3.63) is 28.6 Å². The van der Waals surface area contributed by atoms with Crippen LogP contribution >= 0.6 is 11.3 Å².